The molecule has 1 aliphatic rings. The Labute approximate surface area is 152 Å². The van der Waals surface area contributed by atoms with Crippen LogP contribution >= 0.6 is 0 Å². The van der Waals surface area contributed by atoms with E-state index in [9.17, 15) is 14.4 Å². The third kappa shape index (κ3) is 5.13. The van der Waals surface area contributed by atoms with E-state index in [4.69, 9.17) is 4.74 Å². The number of ether oxygens (including phenoxy) is 1. The van der Waals surface area contributed by atoms with Crippen molar-refractivity contribution in [2.24, 2.45) is 10.9 Å². The lowest BCUT2D eigenvalue weighted by atomic mass is 10.1. The number of carbonyl (C=O) groups excluding carboxylic acids is 3. The molecule has 0 bridgehead atoms. The van der Waals surface area contributed by atoms with Crippen molar-refractivity contribution in [1.82, 2.24) is 15.1 Å². The first-order chi connectivity index (χ1) is 12.4. The minimum atomic E-state index is -1.08. The molecular weight excluding hydrogens is 336 g/mol. The smallest absolute Gasteiger partial charge is 0.331 e. The van der Waals surface area contributed by atoms with Crippen LogP contribution in [0.25, 0.3) is 0 Å². The van der Waals surface area contributed by atoms with E-state index in [2.05, 4.69) is 10.3 Å². The number of urea groups is 1. The quantitative estimate of drug-likeness (QED) is 0.423. The molecule has 8 heteroatoms. The second-order valence-corrected chi connectivity index (χ2v) is 6.26. The maximum Gasteiger partial charge on any atom is 0.331 e. The number of imide groups is 2. The molecule has 1 heterocycles. The summed E-state index contributed by atoms with van der Waals surface area (Å²) in [6.45, 7) is 1.46. The van der Waals surface area contributed by atoms with Crippen LogP contribution in [0.5, 0.6) is 5.75 Å². The van der Waals surface area contributed by atoms with Gasteiger partial charge in [0, 0.05) is 12.8 Å². The van der Waals surface area contributed by atoms with Crippen LogP contribution in [0.15, 0.2) is 29.3 Å². The number of hydrogen-bond acceptors (Lipinski definition) is 6. The van der Waals surface area contributed by atoms with Crippen LogP contribution in [0.3, 0.4) is 0 Å². The molecule has 2 rings (SSSR count). The van der Waals surface area contributed by atoms with Crippen molar-refractivity contribution < 1.29 is 19.1 Å². The van der Waals surface area contributed by atoms with Crippen molar-refractivity contribution >= 4 is 24.1 Å². The maximum absolute atomic E-state index is 12.6. The molecule has 140 valence electrons. The van der Waals surface area contributed by atoms with Crippen LogP contribution in [-0.2, 0) is 16.1 Å². The van der Waals surface area contributed by atoms with Crippen molar-refractivity contribution in [3.63, 3.8) is 0 Å². The minimum absolute atomic E-state index is 0.0763. The number of benzene rings is 1. The van der Waals surface area contributed by atoms with Gasteiger partial charge in [0.2, 0.25) is 11.8 Å². The summed E-state index contributed by atoms with van der Waals surface area (Å²) in [5.41, 5.74) is 0.755. The van der Waals surface area contributed by atoms with Crippen LogP contribution in [0.1, 0.15) is 12.0 Å². The van der Waals surface area contributed by atoms with Gasteiger partial charge in [-0.2, -0.15) is 0 Å². The van der Waals surface area contributed by atoms with Crippen molar-refractivity contribution in [3.05, 3.63) is 29.8 Å². The molecule has 1 aliphatic heterocycles. The van der Waals surface area contributed by atoms with Gasteiger partial charge in [-0.3, -0.25) is 24.8 Å². The van der Waals surface area contributed by atoms with Gasteiger partial charge < -0.3 is 9.64 Å². The van der Waals surface area contributed by atoms with E-state index >= 15 is 0 Å². The van der Waals surface area contributed by atoms with Gasteiger partial charge in [-0.1, -0.05) is 12.1 Å². The van der Waals surface area contributed by atoms with Crippen molar-refractivity contribution in [1.29, 1.82) is 0 Å². The summed E-state index contributed by atoms with van der Waals surface area (Å²) in [6.07, 6.45) is 2.15. The van der Waals surface area contributed by atoms with Crippen molar-refractivity contribution in [2.45, 2.75) is 13.0 Å². The number of barbiturate groups is 1. The minimum Gasteiger partial charge on any atom is -0.497 e. The number of hydrogen-bond donors (Lipinski definition) is 1. The van der Waals surface area contributed by atoms with Gasteiger partial charge in [0.15, 0.2) is 5.92 Å². The number of rotatable bonds is 8. The molecule has 0 aromatic heterocycles. The van der Waals surface area contributed by atoms with E-state index in [0.717, 1.165) is 23.4 Å². The number of aliphatic imine (C=N–C) groups is 1. The lowest BCUT2D eigenvalue weighted by molar-refractivity contribution is -0.139. The number of nitrogens with one attached hydrogen (secondary N) is 1. The summed E-state index contributed by atoms with van der Waals surface area (Å²) in [4.78, 5) is 43.8. The number of carbonyl (C=O) groups is 3. The molecule has 1 atom stereocenters. The highest BCUT2D eigenvalue weighted by Gasteiger charge is 2.39. The van der Waals surface area contributed by atoms with E-state index in [1.807, 2.05) is 19.0 Å². The third-order valence-electron chi connectivity index (χ3n) is 3.94. The molecule has 0 aliphatic carbocycles. The summed E-state index contributed by atoms with van der Waals surface area (Å²) in [5.74, 6) is -1.60. The molecule has 0 spiro atoms. The molecule has 1 aromatic carbocycles. The Morgan fingerprint density at radius 1 is 1.23 bits per heavy atom. The summed E-state index contributed by atoms with van der Waals surface area (Å²) in [6, 6.07) is 6.31. The molecule has 1 fully saturated rings. The van der Waals surface area contributed by atoms with E-state index in [-0.39, 0.29) is 6.54 Å². The Morgan fingerprint density at radius 3 is 2.54 bits per heavy atom. The fraction of sp³-hybridized carbons (Fsp3) is 0.444. The molecule has 4 amide bonds. The number of nitrogens with zero attached hydrogens (tertiary/aromatic N) is 3. The number of methoxy groups -OCH3 is 1. The van der Waals surface area contributed by atoms with Crippen LogP contribution in [-0.4, -0.2) is 68.2 Å². The van der Waals surface area contributed by atoms with Crippen LogP contribution in [0, 0.1) is 5.92 Å². The lowest BCUT2D eigenvalue weighted by Gasteiger charge is -2.28. The molecule has 1 saturated heterocycles. The van der Waals surface area contributed by atoms with Crippen LogP contribution in [0.4, 0.5) is 4.79 Å². The van der Waals surface area contributed by atoms with Gasteiger partial charge in [0.25, 0.3) is 0 Å². The Kier molecular flexibility index (Phi) is 6.85. The average Bonchev–Trinajstić information content (AvgIpc) is 2.61. The fourth-order valence-electron chi connectivity index (χ4n) is 2.48. The molecular formula is C18H24N4O4. The molecule has 1 N–H and O–H groups in total. The Balaban J connectivity index is 2.02. The first-order valence-corrected chi connectivity index (χ1v) is 8.36. The summed E-state index contributed by atoms with van der Waals surface area (Å²) in [7, 11) is 5.49. The monoisotopic (exact) mass is 360 g/mol. The van der Waals surface area contributed by atoms with E-state index in [1.165, 1.54) is 6.21 Å². The second-order valence-electron chi connectivity index (χ2n) is 6.26. The first kappa shape index (κ1) is 19.6. The Morgan fingerprint density at radius 2 is 1.92 bits per heavy atom. The highest BCUT2D eigenvalue weighted by molar-refractivity contribution is 6.23. The van der Waals surface area contributed by atoms with Crippen LogP contribution in [0.2, 0.25) is 0 Å². The highest BCUT2D eigenvalue weighted by Crippen LogP contribution is 2.16. The standard InChI is InChI=1S/C18H24N4O4/c1-21(2)10-4-9-19-11-15-16(23)20-18(25)22(17(15)24)12-13-5-7-14(26-3)8-6-13/h5-8,11,15H,4,9-10,12H2,1-3H3,(H,20,23,25). The fourth-order valence-corrected chi connectivity index (χ4v) is 2.48. The SMILES string of the molecule is COc1ccc(CN2C(=O)NC(=O)C(C=NCCCN(C)C)C2=O)cc1. The number of amides is 4. The third-order valence-corrected chi connectivity index (χ3v) is 3.94. The lowest BCUT2D eigenvalue weighted by Crippen LogP contribution is -2.57. The van der Waals surface area contributed by atoms with Crippen molar-refractivity contribution in [2.75, 3.05) is 34.3 Å². The summed E-state index contributed by atoms with van der Waals surface area (Å²) in [5, 5.41) is 2.21. The zero-order valence-electron chi connectivity index (χ0n) is 15.3. The van der Waals surface area contributed by atoms with E-state index < -0.39 is 23.8 Å². The van der Waals surface area contributed by atoms with Crippen molar-refractivity contribution in [3.8, 4) is 5.75 Å². The second kappa shape index (κ2) is 9.10. The summed E-state index contributed by atoms with van der Waals surface area (Å²) >= 11 is 0. The Bertz CT molecular complexity index is 685. The first-order valence-electron chi connectivity index (χ1n) is 8.36. The summed E-state index contributed by atoms with van der Waals surface area (Å²) < 4.78 is 5.09. The average molecular weight is 360 g/mol. The predicted molar refractivity (Wildman–Crippen MR) is 97.1 cm³/mol. The van der Waals surface area contributed by atoms with Gasteiger partial charge in [-0.15, -0.1) is 0 Å². The van der Waals surface area contributed by atoms with Gasteiger partial charge in [0.05, 0.1) is 13.7 Å². The van der Waals surface area contributed by atoms with Gasteiger partial charge in [-0.05, 0) is 44.8 Å². The predicted octanol–water partition coefficient (Wildman–Crippen LogP) is 0.912. The molecule has 0 saturated carbocycles. The van der Waals surface area contributed by atoms with E-state index in [0.29, 0.717) is 12.3 Å². The Hall–Kier alpha value is -2.74. The largest absolute Gasteiger partial charge is 0.497 e. The molecule has 1 aromatic rings. The van der Waals surface area contributed by atoms with Gasteiger partial charge in [0.1, 0.15) is 5.75 Å². The zero-order valence-corrected chi connectivity index (χ0v) is 15.3. The normalized spacial score (nSPS) is 17.9. The van der Waals surface area contributed by atoms with Crippen LogP contribution < -0.4 is 10.1 Å². The van der Waals surface area contributed by atoms with E-state index in [1.54, 1.807) is 31.4 Å². The zero-order chi connectivity index (χ0) is 19.1. The topological polar surface area (TPSA) is 91.3 Å². The van der Waals surface area contributed by atoms with Gasteiger partial charge >= 0.3 is 6.03 Å². The maximum atomic E-state index is 12.6. The molecule has 0 radical (unpaired) electrons. The molecule has 26 heavy (non-hydrogen) atoms. The highest BCUT2D eigenvalue weighted by atomic mass is 16.5. The molecule has 1 unspecified atom stereocenters. The molecule has 8 nitrogen and oxygen atoms in total. The van der Waals surface area contributed by atoms with Gasteiger partial charge in [-0.25, -0.2) is 4.79 Å².